The molecule has 2 nitrogen and oxygen atoms in total. The summed E-state index contributed by atoms with van der Waals surface area (Å²) in [7, 11) is 0. The van der Waals surface area contributed by atoms with Crippen molar-refractivity contribution in [1.29, 1.82) is 0 Å². The Bertz CT molecular complexity index is 451. The molecular weight excluding hydrogens is 333 g/mol. The minimum absolute atomic E-state index is 0. The normalized spacial score (nSPS) is 21.2. The summed E-state index contributed by atoms with van der Waals surface area (Å²) in [4.78, 5) is 2.57. The Labute approximate surface area is 140 Å². The summed E-state index contributed by atoms with van der Waals surface area (Å²) in [6.45, 7) is 4.82. The van der Waals surface area contributed by atoms with E-state index in [0.29, 0.717) is 5.92 Å². The number of thioether (sulfide) groups is 1. The number of hydrogen-bond acceptors (Lipinski definition) is 3. The molecule has 2 rings (SSSR count). The van der Waals surface area contributed by atoms with Crippen molar-refractivity contribution >= 4 is 24.2 Å². The van der Waals surface area contributed by atoms with Crippen molar-refractivity contribution in [2.75, 3.05) is 13.1 Å². The lowest BCUT2D eigenvalue weighted by Crippen LogP contribution is -2.41. The van der Waals surface area contributed by atoms with E-state index >= 15 is 0 Å². The van der Waals surface area contributed by atoms with Crippen LogP contribution in [-0.4, -0.2) is 29.5 Å². The van der Waals surface area contributed by atoms with Gasteiger partial charge in [-0.05, 0) is 61.7 Å². The molecule has 1 fully saturated rings. The van der Waals surface area contributed by atoms with E-state index in [2.05, 4.69) is 4.90 Å². The quantitative estimate of drug-likeness (QED) is 0.818. The first-order valence-electron chi connectivity index (χ1n) is 7.16. The minimum atomic E-state index is -4.22. The molecule has 0 aliphatic carbocycles. The van der Waals surface area contributed by atoms with Gasteiger partial charge in [0.25, 0.3) is 0 Å². The molecule has 1 heterocycles. The van der Waals surface area contributed by atoms with E-state index in [9.17, 15) is 13.2 Å². The molecule has 22 heavy (non-hydrogen) atoms. The predicted octanol–water partition coefficient (Wildman–Crippen LogP) is 4.28. The molecule has 1 aliphatic heterocycles. The van der Waals surface area contributed by atoms with Crippen LogP contribution in [-0.2, 0) is 6.54 Å². The van der Waals surface area contributed by atoms with Crippen LogP contribution >= 0.6 is 24.2 Å². The van der Waals surface area contributed by atoms with E-state index in [0.717, 1.165) is 38.0 Å². The lowest BCUT2D eigenvalue weighted by molar-refractivity contribution is -0.0328. The molecule has 0 bridgehead atoms. The van der Waals surface area contributed by atoms with Gasteiger partial charge in [-0.15, -0.1) is 12.4 Å². The van der Waals surface area contributed by atoms with Gasteiger partial charge >= 0.3 is 5.51 Å². The molecular formula is C15H22ClF3N2S. The Morgan fingerprint density at radius 1 is 1.32 bits per heavy atom. The number of hydrogen-bond donors (Lipinski definition) is 1. The maximum Gasteiger partial charge on any atom is 0.446 e. The third-order valence-corrected chi connectivity index (χ3v) is 4.59. The number of likely N-dealkylation sites (tertiary alicyclic amines) is 1. The lowest BCUT2D eigenvalue weighted by Gasteiger charge is -2.34. The molecule has 2 N–H and O–H groups in total. The van der Waals surface area contributed by atoms with Crippen molar-refractivity contribution < 1.29 is 13.2 Å². The maximum atomic E-state index is 12.3. The summed E-state index contributed by atoms with van der Waals surface area (Å²) < 4.78 is 36.8. The molecule has 126 valence electrons. The molecule has 1 aliphatic rings. The summed E-state index contributed by atoms with van der Waals surface area (Å²) in [5.74, 6) is 0.513. The van der Waals surface area contributed by atoms with Gasteiger partial charge in [0.1, 0.15) is 0 Å². The van der Waals surface area contributed by atoms with E-state index in [1.165, 1.54) is 0 Å². The van der Waals surface area contributed by atoms with Crippen molar-refractivity contribution in [3.63, 3.8) is 0 Å². The standard InChI is InChI=1S/C15H21F3N2S.ClH/c1-11(19)13-3-2-8-20(10-13)9-12-4-6-14(7-5-12)21-15(16,17)18;/h4-7,11,13H,2-3,8-10,19H2,1H3;1H. The first kappa shape index (κ1) is 19.6. The van der Waals surface area contributed by atoms with E-state index < -0.39 is 5.51 Å². The summed E-state index contributed by atoms with van der Waals surface area (Å²) in [5, 5.41) is 0. The zero-order valence-corrected chi connectivity index (χ0v) is 14.1. The molecule has 0 saturated carbocycles. The monoisotopic (exact) mass is 354 g/mol. The second kappa shape index (κ2) is 8.43. The van der Waals surface area contributed by atoms with Gasteiger partial charge < -0.3 is 5.73 Å². The highest BCUT2D eigenvalue weighted by molar-refractivity contribution is 8.00. The van der Waals surface area contributed by atoms with Gasteiger partial charge in [-0.3, -0.25) is 4.90 Å². The van der Waals surface area contributed by atoms with E-state index in [-0.39, 0.29) is 35.1 Å². The Kier molecular flexibility index (Phi) is 7.52. The van der Waals surface area contributed by atoms with Crippen LogP contribution in [0.1, 0.15) is 25.3 Å². The topological polar surface area (TPSA) is 29.3 Å². The number of benzene rings is 1. The molecule has 0 spiro atoms. The van der Waals surface area contributed by atoms with Gasteiger partial charge in [0.05, 0.1) is 0 Å². The largest absolute Gasteiger partial charge is 0.446 e. The number of nitrogens with zero attached hydrogens (tertiary/aromatic N) is 1. The van der Waals surface area contributed by atoms with Gasteiger partial charge in [0.15, 0.2) is 0 Å². The Hall–Kier alpha value is -0.430. The van der Waals surface area contributed by atoms with Crippen LogP contribution in [0, 0.1) is 5.92 Å². The molecule has 1 aromatic carbocycles. The first-order chi connectivity index (χ1) is 9.83. The number of halogens is 4. The summed E-state index contributed by atoms with van der Waals surface area (Å²) >= 11 is -0.0703. The third-order valence-electron chi connectivity index (χ3n) is 3.85. The predicted molar refractivity (Wildman–Crippen MR) is 87.3 cm³/mol. The summed E-state index contributed by atoms with van der Waals surface area (Å²) in [6.07, 6.45) is 2.30. The second-order valence-electron chi connectivity index (χ2n) is 5.69. The molecule has 1 aromatic rings. The fraction of sp³-hybridized carbons (Fsp3) is 0.600. The van der Waals surface area contributed by atoms with E-state index in [1.54, 1.807) is 24.3 Å². The van der Waals surface area contributed by atoms with Gasteiger partial charge in [-0.1, -0.05) is 12.1 Å². The van der Waals surface area contributed by atoms with Crippen molar-refractivity contribution in [3.05, 3.63) is 29.8 Å². The van der Waals surface area contributed by atoms with Crippen LogP contribution in [0.3, 0.4) is 0 Å². The number of rotatable bonds is 4. The van der Waals surface area contributed by atoms with Crippen LogP contribution in [0.2, 0.25) is 0 Å². The SMILES string of the molecule is CC(N)C1CCCN(Cc2ccc(SC(F)(F)F)cc2)C1.Cl. The number of piperidine rings is 1. The zero-order chi connectivity index (χ0) is 15.5. The number of alkyl halides is 3. The Morgan fingerprint density at radius 3 is 2.50 bits per heavy atom. The highest BCUT2D eigenvalue weighted by atomic mass is 35.5. The molecule has 0 amide bonds. The Balaban J connectivity index is 0.00000242. The molecule has 1 saturated heterocycles. The maximum absolute atomic E-state index is 12.3. The van der Waals surface area contributed by atoms with Gasteiger partial charge in [0, 0.05) is 24.0 Å². The smallest absolute Gasteiger partial charge is 0.328 e. The van der Waals surface area contributed by atoms with Crippen LogP contribution in [0.5, 0.6) is 0 Å². The van der Waals surface area contributed by atoms with Crippen LogP contribution in [0.25, 0.3) is 0 Å². The second-order valence-corrected chi connectivity index (χ2v) is 6.83. The molecule has 2 atom stereocenters. The fourth-order valence-corrected chi connectivity index (χ4v) is 3.26. The third kappa shape index (κ3) is 6.36. The van der Waals surface area contributed by atoms with Crippen molar-refractivity contribution in [2.24, 2.45) is 11.7 Å². The highest BCUT2D eigenvalue weighted by Gasteiger charge is 2.29. The van der Waals surface area contributed by atoms with Crippen LogP contribution < -0.4 is 5.73 Å². The van der Waals surface area contributed by atoms with Crippen molar-refractivity contribution in [1.82, 2.24) is 4.90 Å². The lowest BCUT2D eigenvalue weighted by atomic mass is 9.92. The molecule has 2 unspecified atom stereocenters. The van der Waals surface area contributed by atoms with Crippen LogP contribution in [0.4, 0.5) is 13.2 Å². The Morgan fingerprint density at radius 2 is 1.95 bits per heavy atom. The van der Waals surface area contributed by atoms with Gasteiger partial charge in [0.2, 0.25) is 0 Å². The van der Waals surface area contributed by atoms with E-state index in [1.807, 2.05) is 6.92 Å². The fourth-order valence-electron chi connectivity index (χ4n) is 2.72. The molecule has 0 radical (unpaired) electrons. The zero-order valence-electron chi connectivity index (χ0n) is 12.5. The van der Waals surface area contributed by atoms with Gasteiger partial charge in [-0.2, -0.15) is 13.2 Å². The highest BCUT2D eigenvalue weighted by Crippen LogP contribution is 2.36. The van der Waals surface area contributed by atoms with Gasteiger partial charge in [-0.25, -0.2) is 0 Å². The first-order valence-corrected chi connectivity index (χ1v) is 7.98. The average molecular weight is 355 g/mol. The number of nitrogens with two attached hydrogens (primary N) is 1. The molecule has 7 heteroatoms. The minimum Gasteiger partial charge on any atom is -0.328 e. The van der Waals surface area contributed by atoms with Crippen LogP contribution in [0.15, 0.2) is 29.2 Å². The summed E-state index contributed by atoms with van der Waals surface area (Å²) in [6, 6.07) is 6.84. The van der Waals surface area contributed by atoms with Crippen molar-refractivity contribution in [2.45, 2.75) is 42.8 Å². The average Bonchev–Trinajstić information content (AvgIpc) is 2.40. The molecule has 0 aromatic heterocycles. The van der Waals surface area contributed by atoms with Crippen molar-refractivity contribution in [3.8, 4) is 0 Å². The van der Waals surface area contributed by atoms with E-state index in [4.69, 9.17) is 5.73 Å². The summed E-state index contributed by atoms with van der Waals surface area (Å²) in [5.41, 5.74) is 2.79.